The summed E-state index contributed by atoms with van der Waals surface area (Å²) >= 11 is 1.04. The quantitative estimate of drug-likeness (QED) is 0.744. The SMILES string of the molecule is CC(C)(C)NS(=O)(=O)Nc1nc(CC(=O)O)cs1. The van der Waals surface area contributed by atoms with Crippen LogP contribution >= 0.6 is 11.3 Å². The van der Waals surface area contributed by atoms with Crippen LogP contribution in [0, 0.1) is 0 Å². The van der Waals surface area contributed by atoms with Crippen molar-refractivity contribution in [3.05, 3.63) is 11.1 Å². The van der Waals surface area contributed by atoms with Crippen LogP contribution in [0.5, 0.6) is 0 Å². The molecule has 1 aromatic heterocycles. The van der Waals surface area contributed by atoms with E-state index in [-0.39, 0.29) is 11.6 Å². The van der Waals surface area contributed by atoms with Crippen LogP contribution in [-0.2, 0) is 21.4 Å². The average Bonchev–Trinajstić information content (AvgIpc) is 2.44. The van der Waals surface area contributed by atoms with Crippen LogP contribution in [0.1, 0.15) is 26.5 Å². The van der Waals surface area contributed by atoms with Gasteiger partial charge in [-0.2, -0.15) is 13.1 Å². The monoisotopic (exact) mass is 293 g/mol. The van der Waals surface area contributed by atoms with Gasteiger partial charge in [-0.3, -0.25) is 4.79 Å². The largest absolute Gasteiger partial charge is 0.481 e. The van der Waals surface area contributed by atoms with Crippen LogP contribution in [0.25, 0.3) is 0 Å². The van der Waals surface area contributed by atoms with Crippen LogP contribution in [0.4, 0.5) is 5.13 Å². The summed E-state index contributed by atoms with van der Waals surface area (Å²) < 4.78 is 28.0. The molecule has 0 aliphatic rings. The van der Waals surface area contributed by atoms with Gasteiger partial charge in [0, 0.05) is 10.9 Å². The van der Waals surface area contributed by atoms with Gasteiger partial charge < -0.3 is 5.11 Å². The van der Waals surface area contributed by atoms with Gasteiger partial charge in [0.25, 0.3) is 0 Å². The van der Waals surface area contributed by atoms with Gasteiger partial charge in [-0.25, -0.2) is 9.71 Å². The molecule has 0 aliphatic heterocycles. The highest BCUT2D eigenvalue weighted by atomic mass is 32.2. The third-order valence-corrected chi connectivity index (χ3v) is 3.83. The van der Waals surface area contributed by atoms with Gasteiger partial charge in [0.1, 0.15) is 0 Å². The first-order chi connectivity index (χ1) is 8.07. The van der Waals surface area contributed by atoms with Crippen molar-refractivity contribution in [2.75, 3.05) is 4.72 Å². The van der Waals surface area contributed by atoms with Crippen molar-refractivity contribution in [3.8, 4) is 0 Å². The molecule has 0 fully saturated rings. The number of carboxylic acids is 1. The Morgan fingerprint density at radius 1 is 1.50 bits per heavy atom. The molecule has 3 N–H and O–H groups in total. The number of rotatable bonds is 5. The first-order valence-corrected chi connectivity index (χ1v) is 7.41. The predicted octanol–water partition coefficient (Wildman–Crippen LogP) is 0.815. The molecule has 0 unspecified atom stereocenters. The lowest BCUT2D eigenvalue weighted by Gasteiger charge is -2.20. The summed E-state index contributed by atoms with van der Waals surface area (Å²) in [5, 5.41) is 10.2. The maximum Gasteiger partial charge on any atom is 0.309 e. The molecule has 0 saturated carbocycles. The van der Waals surface area contributed by atoms with Crippen molar-refractivity contribution in [3.63, 3.8) is 0 Å². The molecule has 0 amide bonds. The minimum absolute atomic E-state index is 0.142. The summed E-state index contributed by atoms with van der Waals surface area (Å²) in [5.41, 5.74) is -0.284. The highest BCUT2D eigenvalue weighted by molar-refractivity contribution is 7.91. The van der Waals surface area contributed by atoms with Crippen LogP contribution in [0.2, 0.25) is 0 Å². The predicted molar refractivity (Wildman–Crippen MR) is 68.9 cm³/mol. The van der Waals surface area contributed by atoms with E-state index in [9.17, 15) is 13.2 Å². The molecular weight excluding hydrogens is 278 g/mol. The van der Waals surface area contributed by atoms with Crippen LogP contribution < -0.4 is 9.44 Å². The molecule has 0 saturated heterocycles. The van der Waals surface area contributed by atoms with E-state index in [1.165, 1.54) is 5.38 Å². The lowest BCUT2D eigenvalue weighted by atomic mass is 10.1. The van der Waals surface area contributed by atoms with E-state index in [0.717, 1.165) is 11.3 Å². The third-order valence-electron chi connectivity index (χ3n) is 1.55. The summed E-state index contributed by atoms with van der Waals surface area (Å²) in [6, 6.07) is 0. The van der Waals surface area contributed by atoms with Crippen molar-refractivity contribution in [1.82, 2.24) is 9.71 Å². The molecule has 102 valence electrons. The Morgan fingerprint density at radius 2 is 2.11 bits per heavy atom. The molecule has 0 atom stereocenters. The Morgan fingerprint density at radius 3 is 2.61 bits per heavy atom. The number of hydrogen-bond acceptors (Lipinski definition) is 5. The maximum atomic E-state index is 11.7. The van der Waals surface area contributed by atoms with Crippen molar-refractivity contribution in [2.24, 2.45) is 0 Å². The molecule has 0 radical (unpaired) electrons. The first kappa shape index (κ1) is 14.9. The van der Waals surface area contributed by atoms with Crippen molar-refractivity contribution in [1.29, 1.82) is 0 Å². The lowest BCUT2D eigenvalue weighted by molar-refractivity contribution is -0.136. The summed E-state index contributed by atoms with van der Waals surface area (Å²) in [7, 11) is -3.71. The highest BCUT2D eigenvalue weighted by Crippen LogP contribution is 2.17. The topological polar surface area (TPSA) is 108 Å². The number of aromatic nitrogens is 1. The van der Waals surface area contributed by atoms with E-state index in [0.29, 0.717) is 5.69 Å². The summed E-state index contributed by atoms with van der Waals surface area (Å²) in [4.78, 5) is 14.3. The van der Waals surface area contributed by atoms with E-state index in [1.807, 2.05) is 0 Å². The normalized spacial score (nSPS) is 12.4. The number of aliphatic carboxylic acids is 1. The Kier molecular flexibility index (Phi) is 4.30. The fourth-order valence-corrected chi connectivity index (χ4v) is 3.34. The van der Waals surface area contributed by atoms with Crippen molar-refractivity contribution >= 4 is 32.6 Å². The van der Waals surface area contributed by atoms with Gasteiger partial charge in [-0.05, 0) is 20.8 Å². The molecule has 0 aromatic carbocycles. The Bertz CT molecular complexity index is 530. The number of anilines is 1. The maximum absolute atomic E-state index is 11.7. The minimum atomic E-state index is -3.71. The zero-order chi connectivity index (χ0) is 14.0. The second-order valence-electron chi connectivity index (χ2n) is 4.67. The Balaban J connectivity index is 2.73. The van der Waals surface area contributed by atoms with Crippen LogP contribution in [0.3, 0.4) is 0 Å². The van der Waals surface area contributed by atoms with Gasteiger partial charge in [0.05, 0.1) is 12.1 Å². The molecule has 1 aromatic rings. The van der Waals surface area contributed by atoms with Crippen LogP contribution in [-0.4, -0.2) is 30.0 Å². The molecule has 1 rings (SSSR count). The Labute approximate surface area is 109 Å². The number of carbonyl (C=O) groups is 1. The fourth-order valence-electron chi connectivity index (χ4n) is 1.13. The van der Waals surface area contributed by atoms with E-state index >= 15 is 0 Å². The lowest BCUT2D eigenvalue weighted by Crippen LogP contribution is -2.43. The third kappa shape index (κ3) is 5.43. The number of nitrogens with zero attached hydrogens (tertiary/aromatic N) is 1. The second kappa shape index (κ2) is 5.21. The minimum Gasteiger partial charge on any atom is -0.481 e. The van der Waals surface area contributed by atoms with Gasteiger partial charge in [-0.1, -0.05) is 0 Å². The van der Waals surface area contributed by atoms with Gasteiger partial charge in [0.2, 0.25) is 0 Å². The van der Waals surface area contributed by atoms with E-state index < -0.39 is 21.7 Å². The summed E-state index contributed by atoms with van der Waals surface area (Å²) in [6.07, 6.45) is -0.231. The summed E-state index contributed by atoms with van der Waals surface area (Å²) in [5.74, 6) is -1.01. The van der Waals surface area contributed by atoms with Gasteiger partial charge in [0.15, 0.2) is 5.13 Å². The van der Waals surface area contributed by atoms with E-state index in [4.69, 9.17) is 5.11 Å². The second-order valence-corrected chi connectivity index (χ2v) is 6.95. The number of nitrogens with one attached hydrogen (secondary N) is 2. The highest BCUT2D eigenvalue weighted by Gasteiger charge is 2.20. The molecule has 7 nitrogen and oxygen atoms in total. The number of carboxylic acid groups (broad SMARTS) is 1. The summed E-state index contributed by atoms with van der Waals surface area (Å²) in [6.45, 7) is 5.14. The van der Waals surface area contributed by atoms with Crippen molar-refractivity contribution < 1.29 is 18.3 Å². The molecule has 1 heterocycles. The number of hydrogen-bond donors (Lipinski definition) is 3. The van der Waals surface area contributed by atoms with E-state index in [1.54, 1.807) is 20.8 Å². The fraction of sp³-hybridized carbons (Fsp3) is 0.556. The zero-order valence-corrected chi connectivity index (χ0v) is 11.9. The van der Waals surface area contributed by atoms with Gasteiger partial charge in [-0.15, -0.1) is 11.3 Å². The molecule has 9 heteroatoms. The molecule has 0 spiro atoms. The molecular formula is C9H15N3O4S2. The zero-order valence-electron chi connectivity index (χ0n) is 10.2. The standard InChI is InChI=1S/C9H15N3O4S2/c1-9(2,3)12-18(15,16)11-8-10-6(5-17-8)4-7(13)14/h5,12H,4H2,1-3H3,(H,10,11)(H,13,14). The number of thiazole rings is 1. The molecule has 0 aliphatic carbocycles. The molecule has 0 bridgehead atoms. The first-order valence-electron chi connectivity index (χ1n) is 5.05. The smallest absolute Gasteiger partial charge is 0.309 e. The molecule has 18 heavy (non-hydrogen) atoms. The van der Waals surface area contributed by atoms with Gasteiger partial charge >= 0.3 is 16.2 Å². The van der Waals surface area contributed by atoms with Crippen LogP contribution in [0.15, 0.2) is 5.38 Å². The van der Waals surface area contributed by atoms with Crippen molar-refractivity contribution in [2.45, 2.75) is 32.7 Å². The average molecular weight is 293 g/mol. The van der Waals surface area contributed by atoms with E-state index in [2.05, 4.69) is 14.4 Å². The Hall–Kier alpha value is -1.19.